The second-order valence-electron chi connectivity index (χ2n) is 3.77. The Hall–Kier alpha value is -1.26. The fourth-order valence-electron chi connectivity index (χ4n) is 1.62. The first-order valence-electron chi connectivity index (χ1n) is 4.09. The lowest BCUT2D eigenvalue weighted by atomic mass is 9.67. The number of rotatable bonds is 0. The van der Waals surface area contributed by atoms with Crippen molar-refractivity contribution < 1.29 is 23.8 Å². The molecule has 72 valence electrons. The topological polar surface area (TPSA) is 61.8 Å². The van der Waals surface area contributed by atoms with Crippen LogP contribution in [0.1, 0.15) is 26.7 Å². The first kappa shape index (κ1) is 8.34. The van der Waals surface area contributed by atoms with Crippen LogP contribution >= 0.6 is 0 Å². The van der Waals surface area contributed by atoms with E-state index < -0.39 is 23.5 Å². The summed E-state index contributed by atoms with van der Waals surface area (Å²) in [5.41, 5.74) is -1.45. The molecule has 2 aliphatic rings. The second kappa shape index (κ2) is 2.16. The lowest BCUT2D eigenvalue weighted by molar-refractivity contribution is -0.188. The van der Waals surface area contributed by atoms with Crippen molar-refractivity contribution in [1.82, 2.24) is 0 Å². The summed E-state index contributed by atoms with van der Waals surface area (Å²) in [5.74, 6) is 0. The van der Waals surface area contributed by atoms with E-state index in [4.69, 9.17) is 9.47 Å². The summed E-state index contributed by atoms with van der Waals surface area (Å²) in [7, 11) is 0. The number of carbonyl (C=O) groups excluding carboxylic acids is 2. The average Bonchev–Trinajstić information content (AvgIpc) is 2.04. The van der Waals surface area contributed by atoms with Gasteiger partial charge in [0.05, 0.1) is 0 Å². The molecule has 0 N–H and O–H groups in total. The Balaban J connectivity index is 2.30. The summed E-state index contributed by atoms with van der Waals surface area (Å²) >= 11 is 0. The molecule has 0 spiro atoms. The van der Waals surface area contributed by atoms with Gasteiger partial charge in [0.25, 0.3) is 0 Å². The highest BCUT2D eigenvalue weighted by Crippen LogP contribution is 2.49. The maximum atomic E-state index is 10.9. The van der Waals surface area contributed by atoms with Gasteiger partial charge in [-0.05, 0) is 26.7 Å². The molecule has 1 aliphatic heterocycles. The molecule has 0 aromatic rings. The van der Waals surface area contributed by atoms with Gasteiger partial charge in [0.2, 0.25) is 0 Å². The minimum atomic E-state index is -0.976. The van der Waals surface area contributed by atoms with Crippen LogP contribution in [0.4, 0.5) is 9.59 Å². The van der Waals surface area contributed by atoms with E-state index in [1.807, 2.05) is 0 Å². The van der Waals surface area contributed by atoms with Crippen LogP contribution in [-0.2, 0) is 14.2 Å². The summed E-state index contributed by atoms with van der Waals surface area (Å²) in [6, 6.07) is 0. The Morgan fingerprint density at radius 1 is 1.00 bits per heavy atom. The number of hydrogen-bond acceptors (Lipinski definition) is 5. The van der Waals surface area contributed by atoms with Gasteiger partial charge in [-0.1, -0.05) is 0 Å². The van der Waals surface area contributed by atoms with Gasteiger partial charge in [-0.15, -0.1) is 0 Å². The third-order valence-corrected chi connectivity index (χ3v) is 2.98. The van der Waals surface area contributed by atoms with Crippen molar-refractivity contribution in [3.8, 4) is 0 Å². The Bertz CT molecular complexity index is 258. The van der Waals surface area contributed by atoms with Gasteiger partial charge in [0.1, 0.15) is 0 Å². The standard InChI is InChI=1S/C8H10O5/c1-7-3-4-8(7,2)13-6(10)11-5(9)12-7/h3-4H2,1-2H3. The first-order chi connectivity index (χ1) is 5.95. The van der Waals surface area contributed by atoms with Crippen molar-refractivity contribution in [2.45, 2.75) is 37.9 Å². The summed E-state index contributed by atoms with van der Waals surface area (Å²) < 4.78 is 14.1. The zero-order chi connectivity index (χ0) is 9.69. The van der Waals surface area contributed by atoms with Crippen molar-refractivity contribution in [3.63, 3.8) is 0 Å². The molecule has 5 nitrogen and oxygen atoms in total. The average molecular weight is 186 g/mol. The van der Waals surface area contributed by atoms with Crippen LogP contribution < -0.4 is 0 Å². The summed E-state index contributed by atoms with van der Waals surface area (Å²) in [5, 5.41) is 0. The molecule has 2 rings (SSSR count). The number of fused-ring (bicyclic) bond motifs is 1. The van der Waals surface area contributed by atoms with E-state index in [-0.39, 0.29) is 0 Å². The van der Waals surface area contributed by atoms with Gasteiger partial charge >= 0.3 is 12.3 Å². The third-order valence-electron chi connectivity index (χ3n) is 2.98. The van der Waals surface area contributed by atoms with E-state index in [2.05, 4.69) is 4.74 Å². The molecule has 1 saturated heterocycles. The minimum Gasteiger partial charge on any atom is -0.423 e. The van der Waals surface area contributed by atoms with Gasteiger partial charge in [0.15, 0.2) is 11.2 Å². The fourth-order valence-corrected chi connectivity index (χ4v) is 1.62. The highest BCUT2D eigenvalue weighted by Gasteiger charge is 2.61. The normalized spacial score (nSPS) is 43.2. The Morgan fingerprint density at radius 3 is 1.69 bits per heavy atom. The van der Waals surface area contributed by atoms with E-state index >= 15 is 0 Å². The fraction of sp³-hybridized carbons (Fsp3) is 0.750. The summed E-state index contributed by atoms with van der Waals surface area (Å²) in [4.78, 5) is 21.8. The van der Waals surface area contributed by atoms with E-state index in [0.717, 1.165) is 0 Å². The van der Waals surface area contributed by atoms with Gasteiger partial charge < -0.3 is 14.2 Å². The molecular weight excluding hydrogens is 176 g/mol. The number of carbonyl (C=O) groups is 2. The molecule has 2 fully saturated rings. The highest BCUT2D eigenvalue weighted by atomic mass is 16.8. The largest absolute Gasteiger partial charge is 0.519 e. The summed E-state index contributed by atoms with van der Waals surface area (Å²) in [6.07, 6.45) is -0.579. The molecule has 1 saturated carbocycles. The van der Waals surface area contributed by atoms with Crippen LogP contribution in [-0.4, -0.2) is 23.5 Å². The monoisotopic (exact) mass is 186 g/mol. The number of cyclic esters (lactones) is 2. The maximum absolute atomic E-state index is 10.9. The van der Waals surface area contributed by atoms with Crippen LogP contribution in [0.5, 0.6) is 0 Å². The molecule has 0 radical (unpaired) electrons. The smallest absolute Gasteiger partial charge is 0.423 e. The van der Waals surface area contributed by atoms with Gasteiger partial charge in [-0.3, -0.25) is 0 Å². The van der Waals surface area contributed by atoms with Crippen LogP contribution in [0, 0.1) is 0 Å². The SMILES string of the molecule is CC12CCC1(C)OC(=O)OC(=O)O2. The predicted octanol–water partition coefficient (Wildman–Crippen LogP) is 1.60. The minimum absolute atomic E-state index is 0.686. The lowest BCUT2D eigenvalue weighted by Crippen LogP contribution is -2.61. The molecule has 2 atom stereocenters. The van der Waals surface area contributed by atoms with Crippen LogP contribution in [0.15, 0.2) is 0 Å². The van der Waals surface area contributed by atoms with Crippen molar-refractivity contribution in [2.75, 3.05) is 0 Å². The van der Waals surface area contributed by atoms with Crippen molar-refractivity contribution in [2.24, 2.45) is 0 Å². The molecule has 1 heterocycles. The molecule has 2 unspecified atom stereocenters. The molecule has 13 heavy (non-hydrogen) atoms. The van der Waals surface area contributed by atoms with Crippen LogP contribution in [0.25, 0.3) is 0 Å². The molecule has 1 aliphatic carbocycles. The van der Waals surface area contributed by atoms with Gasteiger partial charge in [0, 0.05) is 0 Å². The lowest BCUT2D eigenvalue weighted by Gasteiger charge is -2.50. The maximum Gasteiger partial charge on any atom is 0.519 e. The highest BCUT2D eigenvalue weighted by molar-refractivity contribution is 5.78. The van der Waals surface area contributed by atoms with Crippen molar-refractivity contribution in [3.05, 3.63) is 0 Å². The Kier molecular flexibility index (Phi) is 1.38. The predicted molar refractivity (Wildman–Crippen MR) is 40.1 cm³/mol. The van der Waals surface area contributed by atoms with Crippen molar-refractivity contribution >= 4 is 12.3 Å². The van der Waals surface area contributed by atoms with Crippen LogP contribution in [0.2, 0.25) is 0 Å². The molecule has 0 amide bonds. The van der Waals surface area contributed by atoms with E-state index in [1.54, 1.807) is 13.8 Å². The van der Waals surface area contributed by atoms with E-state index in [1.165, 1.54) is 0 Å². The number of hydrogen-bond donors (Lipinski definition) is 0. The molecule has 0 bridgehead atoms. The number of ether oxygens (including phenoxy) is 3. The third kappa shape index (κ3) is 0.993. The molecule has 0 aromatic heterocycles. The zero-order valence-corrected chi connectivity index (χ0v) is 7.46. The first-order valence-corrected chi connectivity index (χ1v) is 4.09. The van der Waals surface area contributed by atoms with Crippen molar-refractivity contribution in [1.29, 1.82) is 0 Å². The van der Waals surface area contributed by atoms with E-state index in [9.17, 15) is 9.59 Å². The molecule has 0 aromatic carbocycles. The summed E-state index contributed by atoms with van der Waals surface area (Å²) in [6.45, 7) is 3.46. The Labute approximate surface area is 74.9 Å². The molecule has 5 heteroatoms. The van der Waals surface area contributed by atoms with Crippen LogP contribution in [0.3, 0.4) is 0 Å². The molecular formula is C8H10O5. The van der Waals surface area contributed by atoms with Gasteiger partial charge in [-0.2, -0.15) is 0 Å². The Morgan fingerprint density at radius 2 is 1.38 bits per heavy atom. The van der Waals surface area contributed by atoms with E-state index in [0.29, 0.717) is 12.8 Å². The zero-order valence-electron chi connectivity index (χ0n) is 7.46. The quantitative estimate of drug-likeness (QED) is 0.424. The van der Waals surface area contributed by atoms with Gasteiger partial charge in [-0.25, -0.2) is 9.59 Å². The second-order valence-corrected chi connectivity index (χ2v) is 3.77.